The Bertz CT molecular complexity index is 759. The van der Waals surface area contributed by atoms with Gasteiger partial charge in [0.1, 0.15) is 0 Å². The van der Waals surface area contributed by atoms with Crippen LogP contribution in [0.5, 0.6) is 0 Å². The second-order valence-electron chi connectivity index (χ2n) is 4.58. The number of carbonyl (C=O) groups excluding carboxylic acids is 1. The van der Waals surface area contributed by atoms with Gasteiger partial charge in [-0.1, -0.05) is 48.5 Å². The quantitative estimate of drug-likeness (QED) is 0.536. The molecule has 1 aromatic heterocycles. The molecular formula is C18H14N2O. The molecule has 3 nitrogen and oxygen atoms in total. The van der Waals surface area contributed by atoms with Crippen molar-refractivity contribution in [2.45, 2.75) is 0 Å². The maximum absolute atomic E-state index is 12.4. The van der Waals surface area contributed by atoms with E-state index in [0.717, 1.165) is 11.3 Å². The third-order valence-corrected chi connectivity index (χ3v) is 3.15. The van der Waals surface area contributed by atoms with E-state index >= 15 is 0 Å². The summed E-state index contributed by atoms with van der Waals surface area (Å²) in [6, 6.07) is 19.1. The molecular weight excluding hydrogens is 260 g/mol. The number of nitrogens with zero attached hydrogens (tertiary/aromatic N) is 2. The predicted octanol–water partition coefficient (Wildman–Crippen LogP) is 3.77. The Morgan fingerprint density at radius 3 is 2.48 bits per heavy atom. The van der Waals surface area contributed by atoms with Crippen LogP contribution in [-0.4, -0.2) is 15.6 Å². The highest BCUT2D eigenvalue weighted by atomic mass is 16.1. The Labute approximate surface area is 123 Å². The average molecular weight is 274 g/mol. The van der Waals surface area contributed by atoms with Crippen LogP contribution in [0.1, 0.15) is 15.9 Å². The smallest absolute Gasteiger partial charge is 0.188 e. The van der Waals surface area contributed by atoms with Gasteiger partial charge in [0, 0.05) is 18.0 Å². The van der Waals surface area contributed by atoms with E-state index in [2.05, 4.69) is 5.10 Å². The van der Waals surface area contributed by atoms with Crippen molar-refractivity contribution in [1.29, 1.82) is 0 Å². The molecule has 1 heterocycles. The summed E-state index contributed by atoms with van der Waals surface area (Å²) in [6.07, 6.45) is 6.94. The number of allylic oxidation sites excluding steroid dienone is 1. The highest BCUT2D eigenvalue weighted by molar-refractivity contribution is 6.09. The van der Waals surface area contributed by atoms with E-state index < -0.39 is 0 Å². The Kier molecular flexibility index (Phi) is 3.74. The maximum Gasteiger partial charge on any atom is 0.188 e. The van der Waals surface area contributed by atoms with Crippen LogP contribution >= 0.6 is 0 Å². The van der Waals surface area contributed by atoms with Gasteiger partial charge in [-0.15, -0.1) is 0 Å². The van der Waals surface area contributed by atoms with Crippen molar-refractivity contribution in [2.75, 3.05) is 0 Å². The molecule has 3 heteroatoms. The van der Waals surface area contributed by atoms with Gasteiger partial charge in [0.05, 0.1) is 5.69 Å². The maximum atomic E-state index is 12.4. The van der Waals surface area contributed by atoms with E-state index in [4.69, 9.17) is 0 Å². The van der Waals surface area contributed by atoms with Crippen molar-refractivity contribution < 1.29 is 4.79 Å². The van der Waals surface area contributed by atoms with Crippen molar-refractivity contribution in [2.24, 2.45) is 0 Å². The van der Waals surface area contributed by atoms with Gasteiger partial charge >= 0.3 is 0 Å². The van der Waals surface area contributed by atoms with Crippen LogP contribution in [-0.2, 0) is 0 Å². The molecule has 2 aromatic carbocycles. The van der Waals surface area contributed by atoms with E-state index in [1.807, 2.05) is 72.9 Å². The molecule has 0 saturated heterocycles. The zero-order valence-corrected chi connectivity index (χ0v) is 11.4. The van der Waals surface area contributed by atoms with Crippen molar-refractivity contribution in [3.05, 3.63) is 90.3 Å². The number of rotatable bonds is 4. The van der Waals surface area contributed by atoms with Crippen LogP contribution in [0.25, 0.3) is 11.8 Å². The lowest BCUT2D eigenvalue weighted by Gasteiger charge is -2.06. The Morgan fingerprint density at radius 1 is 0.952 bits per heavy atom. The summed E-state index contributed by atoms with van der Waals surface area (Å²) in [5.74, 6) is -0.0371. The SMILES string of the molecule is O=C(/C=C/c1ccccc1)c1ccccc1-n1cccn1. The van der Waals surface area contributed by atoms with E-state index in [-0.39, 0.29) is 5.78 Å². The second-order valence-corrected chi connectivity index (χ2v) is 4.58. The lowest BCUT2D eigenvalue weighted by molar-refractivity contribution is 0.104. The van der Waals surface area contributed by atoms with E-state index in [1.165, 1.54) is 0 Å². The molecule has 3 aromatic rings. The van der Waals surface area contributed by atoms with Gasteiger partial charge in [0.25, 0.3) is 0 Å². The summed E-state index contributed by atoms with van der Waals surface area (Å²) in [7, 11) is 0. The fraction of sp³-hybridized carbons (Fsp3) is 0. The Morgan fingerprint density at radius 2 is 1.71 bits per heavy atom. The van der Waals surface area contributed by atoms with Crippen LogP contribution in [0.3, 0.4) is 0 Å². The molecule has 102 valence electrons. The number of hydrogen-bond donors (Lipinski definition) is 0. The van der Waals surface area contributed by atoms with Crippen LogP contribution in [0.2, 0.25) is 0 Å². The molecule has 21 heavy (non-hydrogen) atoms. The molecule has 0 unspecified atom stereocenters. The molecule has 0 aliphatic rings. The molecule has 0 atom stereocenters. The molecule has 0 amide bonds. The van der Waals surface area contributed by atoms with Gasteiger partial charge in [-0.05, 0) is 29.8 Å². The minimum absolute atomic E-state index is 0.0371. The number of carbonyl (C=O) groups is 1. The van der Waals surface area contributed by atoms with Gasteiger partial charge in [-0.25, -0.2) is 4.68 Å². The first-order chi connectivity index (χ1) is 10.3. The predicted molar refractivity (Wildman–Crippen MR) is 83.4 cm³/mol. The lowest BCUT2D eigenvalue weighted by Crippen LogP contribution is -2.04. The number of hydrogen-bond acceptors (Lipinski definition) is 2. The second kappa shape index (κ2) is 6.01. The topological polar surface area (TPSA) is 34.9 Å². The summed E-state index contributed by atoms with van der Waals surface area (Å²) in [5, 5.41) is 4.19. The summed E-state index contributed by atoms with van der Waals surface area (Å²) in [5.41, 5.74) is 2.42. The highest BCUT2D eigenvalue weighted by Crippen LogP contribution is 2.15. The first-order valence-corrected chi connectivity index (χ1v) is 6.71. The first-order valence-electron chi connectivity index (χ1n) is 6.71. The molecule has 0 aliphatic heterocycles. The van der Waals surface area contributed by atoms with Crippen LogP contribution in [0, 0.1) is 0 Å². The lowest BCUT2D eigenvalue weighted by atomic mass is 10.1. The largest absolute Gasteiger partial charge is 0.289 e. The fourth-order valence-electron chi connectivity index (χ4n) is 2.12. The number of benzene rings is 2. The molecule has 0 bridgehead atoms. The third-order valence-electron chi connectivity index (χ3n) is 3.15. The normalized spacial score (nSPS) is 10.9. The molecule has 3 rings (SSSR count). The van der Waals surface area contributed by atoms with Crippen LogP contribution in [0.4, 0.5) is 0 Å². The van der Waals surface area contributed by atoms with Gasteiger partial charge in [0.2, 0.25) is 0 Å². The minimum Gasteiger partial charge on any atom is -0.289 e. The minimum atomic E-state index is -0.0371. The highest BCUT2D eigenvalue weighted by Gasteiger charge is 2.09. The van der Waals surface area contributed by atoms with E-state index in [9.17, 15) is 4.79 Å². The van der Waals surface area contributed by atoms with Gasteiger partial charge in [-0.3, -0.25) is 4.79 Å². The van der Waals surface area contributed by atoms with Gasteiger partial charge in [0.15, 0.2) is 5.78 Å². The van der Waals surface area contributed by atoms with Crippen molar-refractivity contribution in [3.8, 4) is 5.69 Å². The molecule has 0 radical (unpaired) electrons. The van der Waals surface area contributed by atoms with Gasteiger partial charge < -0.3 is 0 Å². The van der Waals surface area contributed by atoms with Crippen LogP contribution in [0.15, 0.2) is 79.1 Å². The Hall–Kier alpha value is -2.94. The summed E-state index contributed by atoms with van der Waals surface area (Å²) in [6.45, 7) is 0. The van der Waals surface area contributed by atoms with Crippen molar-refractivity contribution >= 4 is 11.9 Å². The number of ketones is 1. The summed E-state index contributed by atoms with van der Waals surface area (Å²) < 4.78 is 1.70. The number of aromatic nitrogens is 2. The average Bonchev–Trinajstić information content (AvgIpc) is 3.08. The molecule has 0 spiro atoms. The Balaban J connectivity index is 1.91. The molecule has 0 fully saturated rings. The zero-order valence-electron chi connectivity index (χ0n) is 11.4. The monoisotopic (exact) mass is 274 g/mol. The summed E-state index contributed by atoms with van der Waals surface area (Å²) >= 11 is 0. The van der Waals surface area contributed by atoms with Crippen molar-refractivity contribution in [1.82, 2.24) is 9.78 Å². The molecule has 0 saturated carbocycles. The van der Waals surface area contributed by atoms with Crippen LogP contribution < -0.4 is 0 Å². The van der Waals surface area contributed by atoms with Crippen molar-refractivity contribution in [3.63, 3.8) is 0 Å². The summed E-state index contributed by atoms with van der Waals surface area (Å²) in [4.78, 5) is 12.4. The molecule has 0 N–H and O–H groups in total. The number of para-hydroxylation sites is 1. The van der Waals surface area contributed by atoms with E-state index in [0.29, 0.717) is 5.56 Å². The standard InChI is InChI=1S/C18H14N2O/c21-18(12-11-15-7-2-1-3-8-15)16-9-4-5-10-17(16)20-14-6-13-19-20/h1-14H/b12-11+. The third kappa shape index (κ3) is 2.98. The van der Waals surface area contributed by atoms with E-state index in [1.54, 1.807) is 17.0 Å². The van der Waals surface area contributed by atoms with Gasteiger partial charge in [-0.2, -0.15) is 5.10 Å². The fourth-order valence-corrected chi connectivity index (χ4v) is 2.12. The molecule has 0 aliphatic carbocycles. The zero-order chi connectivity index (χ0) is 14.5. The first kappa shape index (κ1) is 13.1.